The lowest BCUT2D eigenvalue weighted by atomic mass is 10.1. The third kappa shape index (κ3) is 3.95. The number of nitrogens with zero attached hydrogens (tertiary/aromatic N) is 2. The van der Waals surface area contributed by atoms with E-state index in [4.69, 9.17) is 11.6 Å². The molecule has 0 aliphatic carbocycles. The average molecular weight is 378 g/mol. The van der Waals surface area contributed by atoms with Crippen LogP contribution in [0.5, 0.6) is 0 Å². The zero-order valence-corrected chi connectivity index (χ0v) is 15.2. The number of aromatic carboxylic acids is 1. The van der Waals surface area contributed by atoms with Crippen LogP contribution in [0.1, 0.15) is 10.4 Å². The molecule has 3 aromatic rings. The normalized spacial score (nSPS) is 10.2. The Hall–Kier alpha value is -2.50. The highest BCUT2D eigenvalue weighted by Crippen LogP contribution is 2.31. The SMILES string of the molecule is CN(C)c1ccc(Nc2c(C(=O)O)cnc3ccc(Cl)cc23)cc1.Cl. The van der Waals surface area contributed by atoms with Crippen molar-refractivity contribution in [1.29, 1.82) is 0 Å². The van der Waals surface area contributed by atoms with Gasteiger partial charge in [0.05, 0.1) is 11.2 Å². The first-order valence-electron chi connectivity index (χ1n) is 7.31. The molecule has 0 fully saturated rings. The predicted octanol–water partition coefficient (Wildman–Crippen LogP) is 4.82. The van der Waals surface area contributed by atoms with Gasteiger partial charge >= 0.3 is 5.97 Å². The number of halogens is 2. The molecule has 0 aliphatic rings. The minimum absolute atomic E-state index is 0. The lowest BCUT2D eigenvalue weighted by molar-refractivity contribution is 0.0697. The molecule has 130 valence electrons. The monoisotopic (exact) mass is 377 g/mol. The largest absolute Gasteiger partial charge is 0.478 e. The molecule has 0 saturated carbocycles. The number of anilines is 3. The van der Waals surface area contributed by atoms with Crippen LogP contribution in [0, 0.1) is 0 Å². The number of hydrogen-bond acceptors (Lipinski definition) is 4. The minimum atomic E-state index is -1.04. The Morgan fingerprint density at radius 2 is 1.84 bits per heavy atom. The van der Waals surface area contributed by atoms with Crippen LogP contribution in [0.2, 0.25) is 5.02 Å². The van der Waals surface area contributed by atoms with Crippen molar-refractivity contribution >= 4 is 57.9 Å². The van der Waals surface area contributed by atoms with Crippen LogP contribution in [-0.4, -0.2) is 30.2 Å². The molecule has 0 unspecified atom stereocenters. The molecular weight excluding hydrogens is 361 g/mol. The van der Waals surface area contributed by atoms with Gasteiger partial charge in [-0.1, -0.05) is 11.6 Å². The van der Waals surface area contributed by atoms with Gasteiger partial charge in [0.1, 0.15) is 5.56 Å². The topological polar surface area (TPSA) is 65.5 Å². The number of pyridine rings is 1. The zero-order valence-electron chi connectivity index (χ0n) is 13.7. The number of fused-ring (bicyclic) bond motifs is 1. The summed E-state index contributed by atoms with van der Waals surface area (Å²) in [6, 6.07) is 12.9. The fourth-order valence-corrected chi connectivity index (χ4v) is 2.62. The van der Waals surface area contributed by atoms with E-state index in [1.807, 2.05) is 43.3 Å². The summed E-state index contributed by atoms with van der Waals surface area (Å²) in [5, 5.41) is 13.9. The van der Waals surface area contributed by atoms with E-state index in [1.165, 1.54) is 6.20 Å². The molecule has 0 radical (unpaired) electrons. The van der Waals surface area contributed by atoms with E-state index in [0.717, 1.165) is 11.4 Å². The number of hydrogen-bond donors (Lipinski definition) is 2. The Kier molecular flexibility index (Phi) is 5.72. The first-order chi connectivity index (χ1) is 11.5. The van der Waals surface area contributed by atoms with Crippen molar-refractivity contribution < 1.29 is 9.90 Å². The number of nitrogens with one attached hydrogen (secondary N) is 1. The molecule has 0 saturated heterocycles. The number of benzene rings is 2. The van der Waals surface area contributed by atoms with Crippen molar-refractivity contribution in [1.82, 2.24) is 4.98 Å². The van der Waals surface area contributed by atoms with E-state index in [-0.39, 0.29) is 18.0 Å². The predicted molar refractivity (Wildman–Crippen MR) is 105 cm³/mol. The van der Waals surface area contributed by atoms with Gasteiger partial charge in [-0.3, -0.25) is 4.98 Å². The van der Waals surface area contributed by atoms with Gasteiger partial charge in [-0.05, 0) is 42.5 Å². The molecule has 2 aromatic carbocycles. The lowest BCUT2D eigenvalue weighted by Gasteiger charge is -2.15. The molecule has 5 nitrogen and oxygen atoms in total. The van der Waals surface area contributed by atoms with Crippen LogP contribution < -0.4 is 10.2 Å². The molecule has 3 rings (SSSR count). The van der Waals surface area contributed by atoms with Gasteiger partial charge < -0.3 is 15.3 Å². The van der Waals surface area contributed by atoms with Crippen LogP contribution in [0.15, 0.2) is 48.7 Å². The van der Waals surface area contributed by atoms with E-state index in [2.05, 4.69) is 10.3 Å². The number of carboxylic acid groups (broad SMARTS) is 1. The summed E-state index contributed by atoms with van der Waals surface area (Å²) in [7, 11) is 3.92. The molecule has 0 amide bonds. The maximum absolute atomic E-state index is 11.6. The van der Waals surface area contributed by atoms with Crippen molar-refractivity contribution in [2.45, 2.75) is 0 Å². The van der Waals surface area contributed by atoms with Gasteiger partial charge in [-0.25, -0.2) is 4.79 Å². The summed E-state index contributed by atoms with van der Waals surface area (Å²) in [5.74, 6) is -1.04. The number of aromatic nitrogens is 1. The molecule has 0 bridgehead atoms. The fraction of sp³-hybridized carbons (Fsp3) is 0.111. The van der Waals surface area contributed by atoms with E-state index in [9.17, 15) is 9.90 Å². The molecule has 0 aliphatic heterocycles. The fourth-order valence-electron chi connectivity index (χ4n) is 2.45. The average Bonchev–Trinajstić information content (AvgIpc) is 2.55. The van der Waals surface area contributed by atoms with Crippen molar-refractivity contribution in [2.24, 2.45) is 0 Å². The van der Waals surface area contributed by atoms with Crippen LogP contribution in [0.4, 0.5) is 17.1 Å². The van der Waals surface area contributed by atoms with Crippen LogP contribution in [0.3, 0.4) is 0 Å². The molecule has 1 aromatic heterocycles. The van der Waals surface area contributed by atoms with Gasteiger partial charge in [-0.2, -0.15) is 0 Å². The molecule has 7 heteroatoms. The molecule has 0 spiro atoms. The van der Waals surface area contributed by atoms with Crippen molar-refractivity contribution in [3.05, 3.63) is 59.2 Å². The highest BCUT2D eigenvalue weighted by molar-refractivity contribution is 6.31. The quantitative estimate of drug-likeness (QED) is 0.682. The van der Waals surface area contributed by atoms with E-state index >= 15 is 0 Å². The second-order valence-electron chi connectivity index (χ2n) is 5.58. The van der Waals surface area contributed by atoms with Gasteiger partial charge in [-0.15, -0.1) is 12.4 Å². The zero-order chi connectivity index (χ0) is 17.3. The highest BCUT2D eigenvalue weighted by atomic mass is 35.5. The van der Waals surface area contributed by atoms with Gasteiger partial charge in [0.25, 0.3) is 0 Å². The van der Waals surface area contributed by atoms with Crippen molar-refractivity contribution in [3.8, 4) is 0 Å². The van der Waals surface area contributed by atoms with Gasteiger partial charge in [0, 0.05) is 42.1 Å². The molecular formula is C18H17Cl2N3O2. The van der Waals surface area contributed by atoms with Crippen molar-refractivity contribution in [3.63, 3.8) is 0 Å². The lowest BCUT2D eigenvalue weighted by Crippen LogP contribution is -2.08. The van der Waals surface area contributed by atoms with Crippen LogP contribution >= 0.6 is 24.0 Å². The summed E-state index contributed by atoms with van der Waals surface area (Å²) in [4.78, 5) is 17.8. The third-order valence-corrected chi connectivity index (χ3v) is 3.95. The third-order valence-electron chi connectivity index (χ3n) is 3.71. The summed E-state index contributed by atoms with van der Waals surface area (Å²) in [6.07, 6.45) is 1.36. The Morgan fingerprint density at radius 3 is 2.44 bits per heavy atom. The second kappa shape index (κ2) is 7.59. The van der Waals surface area contributed by atoms with Gasteiger partial charge in [0.15, 0.2) is 0 Å². The second-order valence-corrected chi connectivity index (χ2v) is 6.02. The summed E-state index contributed by atoms with van der Waals surface area (Å²) < 4.78 is 0. The van der Waals surface area contributed by atoms with Crippen LogP contribution in [0.25, 0.3) is 10.9 Å². The highest BCUT2D eigenvalue weighted by Gasteiger charge is 2.15. The Morgan fingerprint density at radius 1 is 1.16 bits per heavy atom. The molecule has 25 heavy (non-hydrogen) atoms. The molecule has 2 N–H and O–H groups in total. The Bertz CT molecular complexity index is 912. The van der Waals surface area contributed by atoms with Crippen LogP contribution in [-0.2, 0) is 0 Å². The van der Waals surface area contributed by atoms with E-state index in [0.29, 0.717) is 21.6 Å². The van der Waals surface area contributed by atoms with E-state index in [1.54, 1.807) is 18.2 Å². The summed E-state index contributed by atoms with van der Waals surface area (Å²) in [5.41, 5.74) is 3.10. The standard InChI is InChI=1S/C18H16ClN3O2.ClH/c1-22(2)13-6-4-12(5-7-13)21-17-14-9-11(19)3-8-16(14)20-10-15(17)18(23)24;/h3-10H,1-2H3,(H,20,21)(H,23,24);1H. The van der Waals surface area contributed by atoms with E-state index < -0.39 is 5.97 Å². The Labute approximate surface area is 156 Å². The number of carboxylic acids is 1. The molecule has 0 atom stereocenters. The minimum Gasteiger partial charge on any atom is -0.478 e. The number of rotatable bonds is 4. The summed E-state index contributed by atoms with van der Waals surface area (Å²) >= 11 is 6.07. The maximum atomic E-state index is 11.6. The first-order valence-corrected chi connectivity index (χ1v) is 7.69. The van der Waals surface area contributed by atoms with Crippen molar-refractivity contribution in [2.75, 3.05) is 24.3 Å². The molecule has 1 heterocycles. The smallest absolute Gasteiger partial charge is 0.339 e. The first kappa shape index (κ1) is 18.8. The Balaban J connectivity index is 0.00000225. The number of carbonyl (C=O) groups is 1. The maximum Gasteiger partial charge on any atom is 0.339 e. The van der Waals surface area contributed by atoms with Gasteiger partial charge in [0.2, 0.25) is 0 Å². The summed E-state index contributed by atoms with van der Waals surface area (Å²) in [6.45, 7) is 0.